The number of anilines is 2. The van der Waals surface area contributed by atoms with E-state index < -0.39 is 0 Å². The quantitative estimate of drug-likeness (QED) is 0.696. The van der Waals surface area contributed by atoms with Crippen LogP contribution in [0, 0.1) is 0 Å². The van der Waals surface area contributed by atoms with Crippen LogP contribution in [0.1, 0.15) is 45.4 Å². The van der Waals surface area contributed by atoms with Crippen molar-refractivity contribution < 1.29 is 4.74 Å². The van der Waals surface area contributed by atoms with Crippen molar-refractivity contribution in [3.8, 4) is 0 Å². The molecule has 0 spiro atoms. The van der Waals surface area contributed by atoms with Gasteiger partial charge in [-0.05, 0) is 13.3 Å². The second-order valence-corrected chi connectivity index (χ2v) is 4.57. The molecule has 0 fully saturated rings. The lowest BCUT2D eigenvalue weighted by Crippen LogP contribution is -2.17. The molecule has 0 amide bonds. The smallest absolute Gasteiger partial charge is 0.158 e. The summed E-state index contributed by atoms with van der Waals surface area (Å²) < 4.78 is 5.01. The van der Waals surface area contributed by atoms with Crippen LogP contribution in [0.3, 0.4) is 0 Å². The molecule has 102 valence electrons. The highest BCUT2D eigenvalue weighted by Crippen LogP contribution is 2.13. The summed E-state index contributed by atoms with van der Waals surface area (Å²) in [6.07, 6.45) is 4.88. The van der Waals surface area contributed by atoms with E-state index in [1.807, 2.05) is 0 Å². The lowest BCUT2D eigenvalue weighted by Gasteiger charge is -2.15. The normalized spacial score (nSPS) is 12.4. The van der Waals surface area contributed by atoms with E-state index in [-0.39, 0.29) is 0 Å². The second kappa shape index (κ2) is 7.87. The Hall–Kier alpha value is -1.36. The highest BCUT2D eigenvalue weighted by Gasteiger charge is 2.06. The Morgan fingerprint density at radius 3 is 2.83 bits per heavy atom. The molecule has 0 aliphatic heterocycles. The van der Waals surface area contributed by atoms with Crippen molar-refractivity contribution >= 4 is 11.6 Å². The summed E-state index contributed by atoms with van der Waals surface area (Å²) >= 11 is 0. The Bertz CT molecular complexity index is 357. The first-order valence-electron chi connectivity index (χ1n) is 6.54. The zero-order valence-corrected chi connectivity index (χ0v) is 11.6. The average molecular weight is 252 g/mol. The van der Waals surface area contributed by atoms with Gasteiger partial charge in [-0.2, -0.15) is 0 Å². The first-order chi connectivity index (χ1) is 8.65. The molecule has 0 aromatic carbocycles. The van der Waals surface area contributed by atoms with Crippen LogP contribution in [-0.4, -0.2) is 23.1 Å². The fraction of sp³-hybridized carbons (Fsp3) is 0.692. The van der Waals surface area contributed by atoms with Gasteiger partial charge in [-0.1, -0.05) is 26.2 Å². The van der Waals surface area contributed by atoms with Crippen molar-refractivity contribution in [2.24, 2.45) is 0 Å². The molecule has 0 radical (unpaired) electrons. The van der Waals surface area contributed by atoms with Crippen molar-refractivity contribution in [3.05, 3.63) is 11.9 Å². The Kier molecular flexibility index (Phi) is 6.43. The van der Waals surface area contributed by atoms with Crippen molar-refractivity contribution in [3.63, 3.8) is 0 Å². The molecule has 1 aromatic rings. The van der Waals surface area contributed by atoms with Crippen LogP contribution in [0.5, 0.6) is 0 Å². The fourth-order valence-corrected chi connectivity index (χ4v) is 1.81. The number of hydrogen-bond acceptors (Lipinski definition) is 5. The highest BCUT2D eigenvalue weighted by molar-refractivity contribution is 5.45. The fourth-order valence-electron chi connectivity index (χ4n) is 1.81. The lowest BCUT2D eigenvalue weighted by atomic mass is 10.1. The van der Waals surface area contributed by atoms with Gasteiger partial charge in [-0.15, -0.1) is 0 Å². The molecule has 5 heteroatoms. The van der Waals surface area contributed by atoms with Gasteiger partial charge in [-0.3, -0.25) is 0 Å². The predicted molar refractivity (Wildman–Crippen MR) is 74.4 cm³/mol. The van der Waals surface area contributed by atoms with Crippen LogP contribution < -0.4 is 11.1 Å². The van der Waals surface area contributed by atoms with Gasteiger partial charge in [0.2, 0.25) is 0 Å². The summed E-state index contributed by atoms with van der Waals surface area (Å²) in [7, 11) is 1.62. The number of methoxy groups -OCH3 is 1. The predicted octanol–water partition coefficient (Wildman–Crippen LogP) is 2.59. The van der Waals surface area contributed by atoms with Crippen molar-refractivity contribution in [2.45, 2.75) is 52.2 Å². The van der Waals surface area contributed by atoms with Gasteiger partial charge in [0.25, 0.3) is 0 Å². The number of hydrogen-bond donors (Lipinski definition) is 2. The van der Waals surface area contributed by atoms with Crippen LogP contribution in [0.2, 0.25) is 0 Å². The molecule has 1 rings (SSSR count). The third kappa shape index (κ3) is 5.31. The third-order valence-corrected chi connectivity index (χ3v) is 2.70. The summed E-state index contributed by atoms with van der Waals surface area (Å²) in [6, 6.07) is 2.15. The van der Waals surface area contributed by atoms with E-state index in [9.17, 15) is 0 Å². The van der Waals surface area contributed by atoms with Gasteiger partial charge >= 0.3 is 0 Å². The average Bonchev–Trinajstić information content (AvgIpc) is 2.28. The van der Waals surface area contributed by atoms with Crippen molar-refractivity contribution in [1.29, 1.82) is 0 Å². The molecule has 1 atom stereocenters. The zero-order chi connectivity index (χ0) is 13.4. The number of rotatable bonds is 8. The standard InChI is InChI=1S/C13H24N4O/c1-4-5-6-7-10(2)15-12-8-11(14)16-13(17-12)9-18-3/h8,10H,4-7,9H2,1-3H3,(H3,14,15,16,17). The lowest BCUT2D eigenvalue weighted by molar-refractivity contribution is 0.178. The van der Waals surface area contributed by atoms with E-state index in [1.165, 1.54) is 19.3 Å². The minimum atomic E-state index is 0.379. The minimum Gasteiger partial charge on any atom is -0.384 e. The van der Waals surface area contributed by atoms with Crippen molar-refractivity contribution in [2.75, 3.05) is 18.2 Å². The van der Waals surface area contributed by atoms with E-state index >= 15 is 0 Å². The molecule has 1 aromatic heterocycles. The molecule has 0 bridgehead atoms. The number of nitrogen functional groups attached to an aromatic ring is 1. The molecular weight excluding hydrogens is 228 g/mol. The van der Waals surface area contributed by atoms with Gasteiger partial charge in [0, 0.05) is 19.2 Å². The number of nitrogens with two attached hydrogens (primary N) is 1. The van der Waals surface area contributed by atoms with Gasteiger partial charge in [0.05, 0.1) is 0 Å². The van der Waals surface area contributed by atoms with Gasteiger partial charge in [0.1, 0.15) is 18.2 Å². The molecule has 5 nitrogen and oxygen atoms in total. The Labute approximate surface area is 109 Å². The summed E-state index contributed by atoms with van der Waals surface area (Å²) in [6.45, 7) is 4.74. The number of nitrogens with zero attached hydrogens (tertiary/aromatic N) is 2. The maximum absolute atomic E-state index is 5.74. The number of ether oxygens (including phenoxy) is 1. The largest absolute Gasteiger partial charge is 0.384 e. The molecule has 3 N–H and O–H groups in total. The summed E-state index contributed by atoms with van der Waals surface area (Å²) in [5.74, 6) is 1.86. The van der Waals surface area contributed by atoms with E-state index in [2.05, 4.69) is 29.1 Å². The minimum absolute atomic E-state index is 0.379. The summed E-state index contributed by atoms with van der Waals surface area (Å²) in [5, 5.41) is 3.35. The van der Waals surface area contributed by atoms with E-state index in [1.54, 1.807) is 13.2 Å². The molecule has 0 saturated carbocycles. The zero-order valence-electron chi connectivity index (χ0n) is 11.6. The third-order valence-electron chi connectivity index (χ3n) is 2.70. The van der Waals surface area contributed by atoms with Crippen molar-refractivity contribution in [1.82, 2.24) is 9.97 Å². The van der Waals surface area contributed by atoms with Crippen LogP contribution in [0.4, 0.5) is 11.6 Å². The van der Waals surface area contributed by atoms with Crippen LogP contribution in [0.25, 0.3) is 0 Å². The number of aromatic nitrogens is 2. The van der Waals surface area contributed by atoms with Gasteiger partial charge in [-0.25, -0.2) is 9.97 Å². The molecule has 0 saturated heterocycles. The maximum atomic E-state index is 5.74. The molecule has 0 aliphatic carbocycles. The monoisotopic (exact) mass is 252 g/mol. The maximum Gasteiger partial charge on any atom is 0.158 e. The molecule has 1 unspecified atom stereocenters. The van der Waals surface area contributed by atoms with Gasteiger partial charge < -0.3 is 15.8 Å². The van der Waals surface area contributed by atoms with Crippen LogP contribution in [-0.2, 0) is 11.3 Å². The SMILES string of the molecule is CCCCCC(C)Nc1cc(N)nc(COC)n1. The van der Waals surface area contributed by atoms with E-state index in [4.69, 9.17) is 10.5 Å². The first-order valence-corrected chi connectivity index (χ1v) is 6.54. The first kappa shape index (κ1) is 14.7. The Morgan fingerprint density at radius 1 is 1.39 bits per heavy atom. The molecule has 1 heterocycles. The topological polar surface area (TPSA) is 73.1 Å². The highest BCUT2D eigenvalue weighted by atomic mass is 16.5. The van der Waals surface area contributed by atoms with E-state index in [0.29, 0.717) is 24.3 Å². The molecule has 18 heavy (non-hydrogen) atoms. The van der Waals surface area contributed by atoms with E-state index in [0.717, 1.165) is 12.2 Å². The molecular formula is C13H24N4O. The van der Waals surface area contributed by atoms with Crippen LogP contribution >= 0.6 is 0 Å². The number of nitrogens with one attached hydrogen (secondary N) is 1. The Balaban J connectivity index is 2.54. The summed E-state index contributed by atoms with van der Waals surface area (Å²) in [5.41, 5.74) is 5.74. The summed E-state index contributed by atoms with van der Waals surface area (Å²) in [4.78, 5) is 8.47. The Morgan fingerprint density at radius 2 is 2.17 bits per heavy atom. The number of unbranched alkanes of at least 4 members (excludes halogenated alkanes) is 2. The second-order valence-electron chi connectivity index (χ2n) is 4.57. The van der Waals surface area contributed by atoms with Gasteiger partial charge in [0.15, 0.2) is 5.82 Å². The van der Waals surface area contributed by atoms with Crippen LogP contribution in [0.15, 0.2) is 6.07 Å². The molecule has 0 aliphatic rings.